The number of nitro groups is 1. The molecule has 158 valence electrons. The number of nitrogens with one attached hydrogen (secondary N) is 1. The van der Waals surface area contributed by atoms with Crippen LogP contribution in [0.5, 0.6) is 5.75 Å². The highest BCUT2D eigenvalue weighted by atomic mass is 19.4. The average Bonchev–Trinajstić information content (AvgIpc) is 2.86. The fourth-order valence-corrected chi connectivity index (χ4v) is 3.24. The van der Waals surface area contributed by atoms with Crippen LogP contribution in [0.3, 0.4) is 0 Å². The topological polar surface area (TPSA) is 102 Å². The highest BCUT2D eigenvalue weighted by Crippen LogP contribution is 2.33. The van der Waals surface area contributed by atoms with Gasteiger partial charge in [0.1, 0.15) is 11.3 Å². The number of halogens is 3. The molecule has 1 aliphatic heterocycles. The van der Waals surface area contributed by atoms with Crippen molar-refractivity contribution in [3.63, 3.8) is 0 Å². The van der Waals surface area contributed by atoms with E-state index in [1.54, 1.807) is 6.07 Å². The number of nitrogens with zero attached hydrogens (tertiary/aromatic N) is 2. The molecular formula is C19H16F3N3O5. The van der Waals surface area contributed by atoms with Crippen LogP contribution < -0.4 is 10.1 Å². The summed E-state index contributed by atoms with van der Waals surface area (Å²) in [5.41, 5.74) is -0.643. The van der Waals surface area contributed by atoms with E-state index in [4.69, 9.17) is 0 Å². The largest absolute Gasteiger partial charge is 0.573 e. The summed E-state index contributed by atoms with van der Waals surface area (Å²) in [5.74, 6) is -1.10. The van der Waals surface area contributed by atoms with E-state index >= 15 is 0 Å². The number of nitro benzene ring substituents is 1. The smallest absolute Gasteiger partial charge is 0.406 e. The minimum atomic E-state index is -4.85. The molecule has 1 N–H and O–H groups in total. The summed E-state index contributed by atoms with van der Waals surface area (Å²) < 4.78 is 40.8. The quantitative estimate of drug-likeness (QED) is 0.448. The molecule has 11 heteroatoms. The maximum Gasteiger partial charge on any atom is 0.573 e. The number of amides is 3. The molecule has 3 rings (SSSR count). The van der Waals surface area contributed by atoms with Gasteiger partial charge in [-0.15, -0.1) is 13.2 Å². The first-order chi connectivity index (χ1) is 13.9. The van der Waals surface area contributed by atoms with Crippen LogP contribution in [0, 0.1) is 17.0 Å². The van der Waals surface area contributed by atoms with Crippen LogP contribution in [0.25, 0.3) is 0 Å². The van der Waals surface area contributed by atoms with Gasteiger partial charge in [-0.3, -0.25) is 19.8 Å². The van der Waals surface area contributed by atoms with Crippen LogP contribution in [0.4, 0.5) is 23.7 Å². The maximum absolute atomic E-state index is 13.0. The number of carbonyl (C=O) groups is 2. The third-order valence-electron chi connectivity index (χ3n) is 4.88. The van der Waals surface area contributed by atoms with Crippen molar-refractivity contribution < 1.29 is 32.4 Å². The molecule has 1 atom stereocenters. The number of ether oxygens (including phenoxy) is 1. The average molecular weight is 423 g/mol. The number of urea groups is 1. The minimum absolute atomic E-state index is 0.137. The Balaban J connectivity index is 1.85. The summed E-state index contributed by atoms with van der Waals surface area (Å²) in [4.78, 5) is 36.9. The van der Waals surface area contributed by atoms with Crippen molar-refractivity contribution in [2.45, 2.75) is 32.3 Å². The number of benzene rings is 2. The molecular weight excluding hydrogens is 407 g/mol. The summed E-state index contributed by atoms with van der Waals surface area (Å²) in [7, 11) is 0. The van der Waals surface area contributed by atoms with Gasteiger partial charge in [0.2, 0.25) is 0 Å². The second-order valence-corrected chi connectivity index (χ2v) is 6.84. The molecule has 1 unspecified atom stereocenters. The predicted octanol–water partition coefficient (Wildman–Crippen LogP) is 3.77. The first-order valence-corrected chi connectivity index (χ1v) is 8.65. The monoisotopic (exact) mass is 423 g/mol. The number of alkyl halides is 3. The van der Waals surface area contributed by atoms with Gasteiger partial charge >= 0.3 is 12.4 Å². The van der Waals surface area contributed by atoms with E-state index in [2.05, 4.69) is 10.1 Å². The van der Waals surface area contributed by atoms with E-state index in [1.165, 1.54) is 38.1 Å². The molecule has 3 amide bonds. The number of imide groups is 1. The Bertz CT molecular complexity index is 1020. The van der Waals surface area contributed by atoms with Crippen molar-refractivity contribution in [2.75, 3.05) is 0 Å². The molecule has 2 aromatic carbocycles. The van der Waals surface area contributed by atoms with Gasteiger partial charge in [-0.1, -0.05) is 24.3 Å². The lowest BCUT2D eigenvalue weighted by atomic mass is 9.92. The zero-order chi connectivity index (χ0) is 22.3. The van der Waals surface area contributed by atoms with E-state index in [9.17, 15) is 32.9 Å². The first-order valence-electron chi connectivity index (χ1n) is 8.65. The Hall–Kier alpha value is -3.63. The Morgan fingerprint density at radius 1 is 1.17 bits per heavy atom. The number of rotatable bonds is 5. The molecule has 0 aliphatic carbocycles. The van der Waals surface area contributed by atoms with Crippen LogP contribution in [-0.4, -0.2) is 28.1 Å². The van der Waals surface area contributed by atoms with E-state index < -0.39 is 34.5 Å². The van der Waals surface area contributed by atoms with Crippen molar-refractivity contribution in [3.8, 4) is 5.75 Å². The molecule has 1 heterocycles. The van der Waals surface area contributed by atoms with Crippen molar-refractivity contribution in [3.05, 3.63) is 69.3 Å². The van der Waals surface area contributed by atoms with E-state index in [-0.39, 0.29) is 17.8 Å². The van der Waals surface area contributed by atoms with Crippen molar-refractivity contribution in [1.29, 1.82) is 0 Å². The highest BCUT2D eigenvalue weighted by molar-refractivity contribution is 6.07. The minimum Gasteiger partial charge on any atom is -0.406 e. The van der Waals surface area contributed by atoms with Crippen LogP contribution in [0.2, 0.25) is 0 Å². The van der Waals surface area contributed by atoms with Crippen LogP contribution >= 0.6 is 0 Å². The lowest BCUT2D eigenvalue weighted by molar-refractivity contribution is -0.385. The standard InChI is InChI=1S/C19H16F3N3O5/c1-11-12(4-3-5-15(11)25(28)29)10-24-16(26)18(2,23-17(24)27)13-6-8-14(9-7-13)30-19(20,21)22/h3-9H,10H2,1-2H3,(H,23,27). The van der Waals surface area contributed by atoms with Gasteiger partial charge in [0.25, 0.3) is 11.6 Å². The molecule has 0 saturated carbocycles. The van der Waals surface area contributed by atoms with Gasteiger partial charge < -0.3 is 10.1 Å². The van der Waals surface area contributed by atoms with E-state index in [1.807, 2.05) is 0 Å². The third kappa shape index (κ3) is 3.91. The summed E-state index contributed by atoms with van der Waals surface area (Å²) in [5, 5.41) is 13.6. The molecule has 0 radical (unpaired) electrons. The second kappa shape index (κ2) is 7.32. The Labute approximate surface area is 168 Å². The SMILES string of the molecule is Cc1c(CN2C(=O)NC(C)(c3ccc(OC(F)(F)F)cc3)C2=O)cccc1[N+](=O)[O-]. The third-order valence-corrected chi connectivity index (χ3v) is 4.88. The van der Waals surface area contributed by atoms with Crippen molar-refractivity contribution in [2.24, 2.45) is 0 Å². The zero-order valence-corrected chi connectivity index (χ0v) is 15.8. The second-order valence-electron chi connectivity index (χ2n) is 6.84. The molecule has 30 heavy (non-hydrogen) atoms. The van der Waals surface area contributed by atoms with Gasteiger partial charge in [-0.2, -0.15) is 0 Å². The summed E-state index contributed by atoms with van der Waals surface area (Å²) >= 11 is 0. The molecule has 8 nitrogen and oxygen atoms in total. The lowest BCUT2D eigenvalue weighted by Crippen LogP contribution is -2.40. The number of carbonyl (C=O) groups excluding carboxylic acids is 2. The molecule has 2 aromatic rings. The van der Waals surface area contributed by atoms with Crippen LogP contribution in [0.1, 0.15) is 23.6 Å². The van der Waals surface area contributed by atoms with Gasteiger partial charge in [0.05, 0.1) is 11.5 Å². The van der Waals surface area contributed by atoms with Crippen molar-refractivity contribution in [1.82, 2.24) is 10.2 Å². The van der Waals surface area contributed by atoms with E-state index in [0.717, 1.165) is 17.0 Å². The van der Waals surface area contributed by atoms with Gasteiger partial charge in [0.15, 0.2) is 0 Å². The van der Waals surface area contributed by atoms with Gasteiger partial charge in [0, 0.05) is 11.6 Å². The Morgan fingerprint density at radius 2 is 1.80 bits per heavy atom. The summed E-state index contributed by atoms with van der Waals surface area (Å²) in [6, 6.07) is 8.22. The fourth-order valence-electron chi connectivity index (χ4n) is 3.24. The number of hydrogen-bond donors (Lipinski definition) is 1. The normalized spacial score (nSPS) is 19.0. The van der Waals surface area contributed by atoms with Crippen molar-refractivity contribution >= 4 is 17.6 Å². The van der Waals surface area contributed by atoms with E-state index in [0.29, 0.717) is 11.1 Å². The Morgan fingerprint density at radius 3 is 2.37 bits per heavy atom. The molecule has 1 fully saturated rings. The first kappa shape index (κ1) is 21.1. The lowest BCUT2D eigenvalue weighted by Gasteiger charge is -2.23. The molecule has 0 bridgehead atoms. The Kier molecular flexibility index (Phi) is 5.15. The molecule has 1 aliphatic rings. The summed E-state index contributed by atoms with van der Waals surface area (Å²) in [6.07, 6.45) is -4.85. The fraction of sp³-hybridized carbons (Fsp3) is 0.263. The predicted molar refractivity (Wildman–Crippen MR) is 97.4 cm³/mol. The number of hydrogen-bond acceptors (Lipinski definition) is 5. The maximum atomic E-state index is 13.0. The van der Waals surface area contributed by atoms with Gasteiger partial charge in [-0.25, -0.2) is 4.79 Å². The highest BCUT2D eigenvalue weighted by Gasteiger charge is 2.49. The molecule has 0 aromatic heterocycles. The summed E-state index contributed by atoms with van der Waals surface area (Å²) in [6.45, 7) is 2.75. The van der Waals surface area contributed by atoms with Gasteiger partial charge in [-0.05, 0) is 37.1 Å². The molecule has 1 saturated heterocycles. The zero-order valence-electron chi connectivity index (χ0n) is 15.8. The molecule has 0 spiro atoms. The van der Waals surface area contributed by atoms with Crippen LogP contribution in [-0.2, 0) is 16.9 Å². The van der Waals surface area contributed by atoms with Crippen LogP contribution in [0.15, 0.2) is 42.5 Å².